The molecule has 0 radical (unpaired) electrons. The van der Waals surface area contributed by atoms with Gasteiger partial charge in [-0.15, -0.1) is 0 Å². The van der Waals surface area contributed by atoms with Crippen molar-refractivity contribution in [1.82, 2.24) is 20.2 Å². The molecule has 0 aliphatic carbocycles. The fourth-order valence-electron chi connectivity index (χ4n) is 5.45. The molecular weight excluding hydrogens is 440 g/mol. The lowest BCUT2D eigenvalue weighted by Gasteiger charge is -2.46. The zero-order valence-corrected chi connectivity index (χ0v) is 20.2. The number of carbonyl (C=O) groups is 2. The smallest absolute Gasteiger partial charge is 0.223 e. The third-order valence-corrected chi connectivity index (χ3v) is 7.44. The highest BCUT2D eigenvalue weighted by Crippen LogP contribution is 2.39. The van der Waals surface area contributed by atoms with E-state index >= 15 is 0 Å². The van der Waals surface area contributed by atoms with Gasteiger partial charge in [0.15, 0.2) is 0 Å². The first-order chi connectivity index (χ1) is 17.1. The van der Waals surface area contributed by atoms with Gasteiger partial charge in [-0.25, -0.2) is 4.98 Å². The predicted molar refractivity (Wildman–Crippen MR) is 135 cm³/mol. The number of piperidine rings is 1. The molecule has 1 spiro atoms. The third kappa shape index (κ3) is 5.90. The van der Waals surface area contributed by atoms with Gasteiger partial charge in [-0.2, -0.15) is 0 Å². The molecule has 7 nitrogen and oxygen atoms in total. The molecule has 184 valence electrons. The van der Waals surface area contributed by atoms with Crippen LogP contribution in [0, 0.1) is 5.92 Å². The van der Waals surface area contributed by atoms with E-state index in [0.717, 1.165) is 48.1 Å². The van der Waals surface area contributed by atoms with Gasteiger partial charge in [0.2, 0.25) is 11.8 Å². The van der Waals surface area contributed by atoms with Crippen LogP contribution in [0.15, 0.2) is 54.6 Å². The molecule has 2 aliphatic heterocycles. The molecule has 7 heteroatoms. The summed E-state index contributed by atoms with van der Waals surface area (Å²) in [5.74, 6) is 1.47. The van der Waals surface area contributed by atoms with Crippen molar-refractivity contribution in [2.75, 3.05) is 19.7 Å². The molecule has 1 atom stereocenters. The van der Waals surface area contributed by atoms with E-state index in [1.165, 1.54) is 0 Å². The monoisotopic (exact) mass is 474 g/mol. The van der Waals surface area contributed by atoms with E-state index in [9.17, 15) is 9.59 Å². The maximum atomic E-state index is 12.8. The summed E-state index contributed by atoms with van der Waals surface area (Å²) in [5.41, 5.74) is 2.86. The Balaban J connectivity index is 1.07. The number of amides is 2. The normalized spacial score (nSPS) is 19.7. The number of aromatic amines is 1. The van der Waals surface area contributed by atoms with Crippen LogP contribution < -0.4 is 5.32 Å². The van der Waals surface area contributed by atoms with Crippen LogP contribution in [0.1, 0.15) is 49.9 Å². The van der Waals surface area contributed by atoms with Gasteiger partial charge in [0.1, 0.15) is 5.82 Å². The van der Waals surface area contributed by atoms with Crippen LogP contribution in [0.3, 0.4) is 0 Å². The maximum absolute atomic E-state index is 12.8. The van der Waals surface area contributed by atoms with Crippen LogP contribution in [0.25, 0.3) is 11.0 Å². The largest absolute Gasteiger partial charge is 0.375 e. The van der Waals surface area contributed by atoms with Crippen molar-refractivity contribution in [3.63, 3.8) is 0 Å². The van der Waals surface area contributed by atoms with Crippen LogP contribution in [0.4, 0.5) is 0 Å². The standard InChI is InChI=1S/C28H34N4O3/c33-26(29-20-21-6-2-1-3-7-21)18-22-12-17-35-28(19-22)13-15-32(16-14-28)27(34)11-10-25-30-23-8-4-5-9-24(23)31-25/h1-9,22H,10-20H2,(H,29,33)(H,30,31). The molecule has 2 saturated heterocycles. The number of hydrogen-bond donors (Lipinski definition) is 2. The summed E-state index contributed by atoms with van der Waals surface area (Å²) in [4.78, 5) is 35.2. The summed E-state index contributed by atoms with van der Waals surface area (Å²) in [6.45, 7) is 2.69. The number of ether oxygens (including phenoxy) is 1. The molecule has 2 N–H and O–H groups in total. The second-order valence-corrected chi connectivity index (χ2v) is 9.94. The molecule has 3 aromatic rings. The lowest BCUT2D eigenvalue weighted by Crippen LogP contribution is -2.51. The quantitative estimate of drug-likeness (QED) is 0.542. The number of imidazole rings is 1. The van der Waals surface area contributed by atoms with Gasteiger partial charge in [0.25, 0.3) is 0 Å². The summed E-state index contributed by atoms with van der Waals surface area (Å²) in [5, 5.41) is 3.06. The van der Waals surface area contributed by atoms with Crippen molar-refractivity contribution < 1.29 is 14.3 Å². The Morgan fingerprint density at radius 1 is 1.09 bits per heavy atom. The number of aryl methyl sites for hydroxylation is 1. The number of para-hydroxylation sites is 2. The van der Waals surface area contributed by atoms with Crippen molar-refractivity contribution in [3.8, 4) is 0 Å². The van der Waals surface area contributed by atoms with Crippen LogP contribution in [-0.4, -0.2) is 52.0 Å². The van der Waals surface area contributed by atoms with Crippen molar-refractivity contribution in [2.45, 2.75) is 57.1 Å². The van der Waals surface area contributed by atoms with E-state index in [4.69, 9.17) is 4.74 Å². The van der Waals surface area contributed by atoms with Crippen LogP contribution >= 0.6 is 0 Å². The van der Waals surface area contributed by atoms with E-state index < -0.39 is 0 Å². The number of fused-ring (bicyclic) bond motifs is 1. The molecular formula is C28H34N4O3. The molecule has 0 bridgehead atoms. The fraction of sp³-hybridized carbons (Fsp3) is 0.464. The lowest BCUT2D eigenvalue weighted by atomic mass is 9.78. The Bertz CT molecular complexity index is 1120. The molecule has 5 rings (SSSR count). The van der Waals surface area contributed by atoms with Crippen molar-refractivity contribution >= 4 is 22.8 Å². The molecule has 2 amide bonds. The fourth-order valence-corrected chi connectivity index (χ4v) is 5.45. The Labute approximate surface area is 206 Å². The number of nitrogens with one attached hydrogen (secondary N) is 2. The van der Waals surface area contributed by atoms with Gasteiger partial charge in [-0.05, 0) is 49.3 Å². The van der Waals surface area contributed by atoms with Gasteiger partial charge in [0, 0.05) is 45.5 Å². The van der Waals surface area contributed by atoms with E-state index in [0.29, 0.717) is 51.4 Å². The van der Waals surface area contributed by atoms with Gasteiger partial charge in [0.05, 0.1) is 16.6 Å². The molecule has 3 heterocycles. The summed E-state index contributed by atoms with van der Waals surface area (Å²) in [6.07, 6.45) is 5.10. The van der Waals surface area contributed by atoms with E-state index in [-0.39, 0.29) is 17.4 Å². The first-order valence-electron chi connectivity index (χ1n) is 12.7. The minimum atomic E-state index is -0.196. The van der Waals surface area contributed by atoms with Gasteiger partial charge < -0.3 is 19.9 Å². The zero-order valence-electron chi connectivity index (χ0n) is 20.2. The zero-order chi connectivity index (χ0) is 24.1. The first kappa shape index (κ1) is 23.5. The van der Waals surface area contributed by atoms with E-state index in [1.807, 2.05) is 59.5 Å². The minimum absolute atomic E-state index is 0.106. The average Bonchev–Trinajstić information content (AvgIpc) is 3.30. The van der Waals surface area contributed by atoms with E-state index in [2.05, 4.69) is 15.3 Å². The Morgan fingerprint density at radius 2 is 1.86 bits per heavy atom. The Hall–Kier alpha value is -3.19. The van der Waals surface area contributed by atoms with Gasteiger partial charge >= 0.3 is 0 Å². The number of carbonyl (C=O) groups excluding carboxylic acids is 2. The molecule has 2 aromatic carbocycles. The number of rotatable bonds is 7. The average molecular weight is 475 g/mol. The van der Waals surface area contributed by atoms with E-state index in [1.54, 1.807) is 0 Å². The summed E-state index contributed by atoms with van der Waals surface area (Å²) >= 11 is 0. The molecule has 0 saturated carbocycles. The van der Waals surface area contributed by atoms with Crippen molar-refractivity contribution in [3.05, 3.63) is 66.0 Å². The number of nitrogens with zero attached hydrogens (tertiary/aromatic N) is 2. The van der Waals surface area contributed by atoms with Gasteiger partial charge in [-0.1, -0.05) is 42.5 Å². The maximum Gasteiger partial charge on any atom is 0.223 e. The summed E-state index contributed by atoms with van der Waals surface area (Å²) in [7, 11) is 0. The molecule has 1 unspecified atom stereocenters. The summed E-state index contributed by atoms with van der Waals surface area (Å²) < 4.78 is 6.25. The van der Waals surface area contributed by atoms with Crippen molar-refractivity contribution in [2.24, 2.45) is 5.92 Å². The number of aromatic nitrogens is 2. The van der Waals surface area contributed by atoms with Gasteiger partial charge in [-0.3, -0.25) is 9.59 Å². The lowest BCUT2D eigenvalue weighted by molar-refractivity contribution is -0.148. The number of H-pyrrole nitrogens is 1. The minimum Gasteiger partial charge on any atom is -0.375 e. The molecule has 35 heavy (non-hydrogen) atoms. The molecule has 1 aromatic heterocycles. The SMILES string of the molecule is O=C(CC1CCOC2(CCN(C(=O)CCc3nc4ccccc4[nH]3)CC2)C1)NCc1ccccc1. The van der Waals surface area contributed by atoms with Crippen LogP contribution in [0.2, 0.25) is 0 Å². The Morgan fingerprint density at radius 3 is 2.66 bits per heavy atom. The third-order valence-electron chi connectivity index (χ3n) is 7.44. The van der Waals surface area contributed by atoms with Crippen molar-refractivity contribution in [1.29, 1.82) is 0 Å². The topological polar surface area (TPSA) is 87.3 Å². The second kappa shape index (κ2) is 10.6. The molecule has 2 fully saturated rings. The Kier molecular flexibility index (Phi) is 7.13. The molecule has 2 aliphatic rings. The van der Waals surface area contributed by atoms with Crippen LogP contribution in [0.5, 0.6) is 0 Å². The highest BCUT2D eigenvalue weighted by atomic mass is 16.5. The number of likely N-dealkylation sites (tertiary alicyclic amines) is 1. The second-order valence-electron chi connectivity index (χ2n) is 9.94. The first-order valence-corrected chi connectivity index (χ1v) is 12.7. The number of benzene rings is 2. The predicted octanol–water partition coefficient (Wildman–Crippen LogP) is 3.99. The highest BCUT2D eigenvalue weighted by Gasteiger charge is 2.41. The highest BCUT2D eigenvalue weighted by molar-refractivity contribution is 5.77. The number of hydrogen-bond acceptors (Lipinski definition) is 4. The summed E-state index contributed by atoms with van der Waals surface area (Å²) in [6, 6.07) is 17.9. The van der Waals surface area contributed by atoms with Crippen LogP contribution in [-0.2, 0) is 27.3 Å².